The van der Waals surface area contributed by atoms with Gasteiger partial charge in [-0.2, -0.15) is 0 Å². The summed E-state index contributed by atoms with van der Waals surface area (Å²) >= 11 is 0. The maximum Gasteiger partial charge on any atom is 0.255 e. The topological polar surface area (TPSA) is 70.7 Å². The molecule has 6 heteroatoms. The van der Waals surface area contributed by atoms with Gasteiger partial charge in [-0.15, -0.1) is 0 Å². The monoisotopic (exact) mass is 407 g/mol. The van der Waals surface area contributed by atoms with Crippen LogP contribution in [0, 0.1) is 0 Å². The first-order valence-electron chi connectivity index (χ1n) is 10.9. The van der Waals surface area contributed by atoms with E-state index in [-0.39, 0.29) is 17.9 Å². The van der Waals surface area contributed by atoms with Gasteiger partial charge >= 0.3 is 0 Å². The van der Waals surface area contributed by atoms with Gasteiger partial charge < -0.3 is 20.3 Å². The van der Waals surface area contributed by atoms with Gasteiger partial charge in [0.15, 0.2) is 0 Å². The Balaban J connectivity index is 1.39. The van der Waals surface area contributed by atoms with E-state index in [9.17, 15) is 9.59 Å². The summed E-state index contributed by atoms with van der Waals surface area (Å²) in [6.45, 7) is 3.38. The average molecular weight is 408 g/mol. The van der Waals surface area contributed by atoms with E-state index in [0.29, 0.717) is 23.4 Å². The number of nitrogens with zero attached hydrogens (tertiary/aromatic N) is 1. The average Bonchev–Trinajstić information content (AvgIpc) is 3.32. The molecular weight excluding hydrogens is 378 g/mol. The Morgan fingerprint density at radius 3 is 2.43 bits per heavy atom. The third kappa shape index (κ3) is 5.00. The number of amides is 2. The summed E-state index contributed by atoms with van der Waals surface area (Å²) in [5.74, 6) is -0.429. The molecule has 6 nitrogen and oxygen atoms in total. The Morgan fingerprint density at radius 1 is 0.933 bits per heavy atom. The third-order valence-corrected chi connectivity index (χ3v) is 5.78. The molecule has 0 aromatic heterocycles. The van der Waals surface area contributed by atoms with Crippen LogP contribution in [-0.2, 0) is 4.74 Å². The molecule has 2 aromatic rings. The maximum atomic E-state index is 12.8. The summed E-state index contributed by atoms with van der Waals surface area (Å²) in [5, 5.41) is 5.81. The number of benzene rings is 2. The number of rotatable bonds is 6. The molecule has 2 aliphatic rings. The van der Waals surface area contributed by atoms with Crippen molar-refractivity contribution < 1.29 is 14.3 Å². The minimum Gasteiger partial charge on any atom is -0.376 e. The normalized spacial score (nSPS) is 18.8. The number of anilines is 2. The Morgan fingerprint density at radius 2 is 1.70 bits per heavy atom. The zero-order valence-electron chi connectivity index (χ0n) is 17.2. The van der Waals surface area contributed by atoms with Crippen molar-refractivity contribution in [3.05, 3.63) is 59.7 Å². The van der Waals surface area contributed by atoms with E-state index in [4.69, 9.17) is 4.74 Å². The Kier molecular flexibility index (Phi) is 6.64. The fraction of sp³-hybridized carbons (Fsp3) is 0.417. The van der Waals surface area contributed by atoms with Gasteiger partial charge in [0, 0.05) is 37.5 Å². The molecule has 2 aliphatic heterocycles. The first kappa shape index (κ1) is 20.4. The van der Waals surface area contributed by atoms with Gasteiger partial charge in [-0.3, -0.25) is 9.59 Å². The van der Waals surface area contributed by atoms with Crippen LogP contribution in [0.2, 0.25) is 0 Å². The number of ether oxygens (including phenoxy) is 1. The van der Waals surface area contributed by atoms with E-state index in [1.54, 1.807) is 18.2 Å². The maximum absolute atomic E-state index is 12.8. The van der Waals surface area contributed by atoms with Crippen molar-refractivity contribution in [2.45, 2.75) is 38.2 Å². The van der Waals surface area contributed by atoms with E-state index in [1.807, 2.05) is 30.3 Å². The molecule has 30 heavy (non-hydrogen) atoms. The molecule has 2 fully saturated rings. The number of nitrogens with one attached hydrogen (secondary N) is 2. The van der Waals surface area contributed by atoms with Crippen LogP contribution in [0.1, 0.15) is 52.8 Å². The number of hydrogen-bond donors (Lipinski definition) is 2. The van der Waals surface area contributed by atoms with Crippen LogP contribution in [0.15, 0.2) is 48.5 Å². The Labute approximate surface area is 177 Å². The fourth-order valence-electron chi connectivity index (χ4n) is 4.07. The summed E-state index contributed by atoms with van der Waals surface area (Å²) < 4.78 is 5.56. The predicted molar refractivity (Wildman–Crippen MR) is 118 cm³/mol. The number of piperidine rings is 1. The van der Waals surface area contributed by atoms with Crippen molar-refractivity contribution in [1.82, 2.24) is 5.32 Å². The molecule has 0 bridgehead atoms. The molecule has 158 valence electrons. The van der Waals surface area contributed by atoms with E-state index in [0.717, 1.165) is 38.2 Å². The number of para-hydroxylation sites is 1. The molecule has 4 rings (SSSR count). The first-order valence-corrected chi connectivity index (χ1v) is 10.9. The zero-order chi connectivity index (χ0) is 20.8. The van der Waals surface area contributed by atoms with E-state index < -0.39 is 0 Å². The van der Waals surface area contributed by atoms with Crippen LogP contribution in [0.5, 0.6) is 0 Å². The van der Waals surface area contributed by atoms with Gasteiger partial charge in [-0.05, 0) is 68.5 Å². The summed E-state index contributed by atoms with van der Waals surface area (Å²) in [6, 6.07) is 14.8. The number of carbonyl (C=O) groups excluding carboxylic acids is 2. The third-order valence-electron chi connectivity index (χ3n) is 5.78. The largest absolute Gasteiger partial charge is 0.376 e. The lowest BCUT2D eigenvalue weighted by Crippen LogP contribution is -2.32. The van der Waals surface area contributed by atoms with Crippen molar-refractivity contribution in [3.8, 4) is 0 Å². The minimum atomic E-state index is -0.223. The molecule has 0 aliphatic carbocycles. The van der Waals surface area contributed by atoms with E-state index >= 15 is 0 Å². The van der Waals surface area contributed by atoms with Crippen LogP contribution in [0.3, 0.4) is 0 Å². The number of carbonyl (C=O) groups is 2. The van der Waals surface area contributed by atoms with Crippen LogP contribution in [-0.4, -0.2) is 44.2 Å². The van der Waals surface area contributed by atoms with E-state index in [1.165, 1.54) is 19.3 Å². The lowest BCUT2D eigenvalue weighted by atomic mass is 10.1. The molecule has 0 unspecified atom stereocenters. The molecule has 2 aromatic carbocycles. The van der Waals surface area contributed by atoms with Gasteiger partial charge in [-0.25, -0.2) is 0 Å². The summed E-state index contributed by atoms with van der Waals surface area (Å²) in [5.41, 5.74) is 2.69. The Bertz CT molecular complexity index is 870. The number of hydrogen-bond acceptors (Lipinski definition) is 4. The van der Waals surface area contributed by atoms with Crippen molar-refractivity contribution in [1.29, 1.82) is 0 Å². The molecule has 2 heterocycles. The van der Waals surface area contributed by atoms with Crippen LogP contribution >= 0.6 is 0 Å². The van der Waals surface area contributed by atoms with Crippen molar-refractivity contribution >= 4 is 23.2 Å². The molecule has 1 atom stereocenters. The second kappa shape index (κ2) is 9.76. The quantitative estimate of drug-likeness (QED) is 0.763. The second-order valence-corrected chi connectivity index (χ2v) is 7.94. The standard InChI is InChI=1S/C24H29N3O3/c28-23(18-10-12-19(13-11-18)27-14-4-1-5-15-27)26-22-9-3-2-8-21(22)24(29)25-17-20-7-6-16-30-20/h2-3,8-13,20H,1,4-7,14-17H2,(H,25,29)(H,26,28)/t20-/m1/s1. The van der Waals surface area contributed by atoms with Crippen molar-refractivity contribution in [3.63, 3.8) is 0 Å². The van der Waals surface area contributed by atoms with Gasteiger partial charge in [0.1, 0.15) is 0 Å². The molecule has 2 N–H and O–H groups in total. The highest BCUT2D eigenvalue weighted by Crippen LogP contribution is 2.21. The minimum absolute atomic E-state index is 0.0779. The molecule has 2 amide bonds. The van der Waals surface area contributed by atoms with Crippen LogP contribution in [0.4, 0.5) is 11.4 Å². The highest BCUT2D eigenvalue weighted by atomic mass is 16.5. The summed E-state index contributed by atoms with van der Waals surface area (Å²) in [4.78, 5) is 27.8. The molecule has 0 spiro atoms. The van der Waals surface area contributed by atoms with Gasteiger partial charge in [0.25, 0.3) is 11.8 Å². The van der Waals surface area contributed by atoms with Crippen molar-refractivity contribution in [2.75, 3.05) is 36.5 Å². The zero-order valence-corrected chi connectivity index (χ0v) is 17.2. The Hall–Kier alpha value is -2.86. The lowest BCUT2D eigenvalue weighted by Gasteiger charge is -2.28. The van der Waals surface area contributed by atoms with Crippen LogP contribution in [0.25, 0.3) is 0 Å². The van der Waals surface area contributed by atoms with Gasteiger partial charge in [-0.1, -0.05) is 12.1 Å². The fourth-order valence-corrected chi connectivity index (χ4v) is 4.07. The summed E-state index contributed by atoms with van der Waals surface area (Å²) in [6.07, 6.45) is 5.80. The smallest absolute Gasteiger partial charge is 0.255 e. The molecular formula is C24H29N3O3. The molecule has 0 radical (unpaired) electrons. The molecule has 2 saturated heterocycles. The highest BCUT2D eigenvalue weighted by Gasteiger charge is 2.19. The SMILES string of the molecule is O=C(Nc1ccccc1C(=O)NC[C@H]1CCCO1)c1ccc(N2CCCCC2)cc1. The van der Waals surface area contributed by atoms with Crippen molar-refractivity contribution in [2.24, 2.45) is 0 Å². The lowest BCUT2D eigenvalue weighted by molar-refractivity contribution is 0.0858. The highest BCUT2D eigenvalue weighted by molar-refractivity contribution is 6.09. The van der Waals surface area contributed by atoms with Gasteiger partial charge in [0.05, 0.1) is 17.4 Å². The van der Waals surface area contributed by atoms with E-state index in [2.05, 4.69) is 15.5 Å². The first-order chi connectivity index (χ1) is 14.7. The van der Waals surface area contributed by atoms with Gasteiger partial charge in [0.2, 0.25) is 0 Å². The summed E-state index contributed by atoms with van der Waals surface area (Å²) in [7, 11) is 0. The molecule has 0 saturated carbocycles. The second-order valence-electron chi connectivity index (χ2n) is 7.94. The predicted octanol–water partition coefficient (Wildman–Crippen LogP) is 3.84. The van der Waals surface area contributed by atoms with Crippen LogP contribution < -0.4 is 15.5 Å².